The number of hydrogen-bond donors (Lipinski definition) is 0. The summed E-state index contributed by atoms with van der Waals surface area (Å²) < 4.78 is 26.8. The molecule has 3 heterocycles. The van der Waals surface area contributed by atoms with Crippen molar-refractivity contribution in [1.29, 1.82) is 0 Å². The number of rotatable bonds is 4. The van der Waals surface area contributed by atoms with E-state index in [9.17, 15) is 8.42 Å². The lowest BCUT2D eigenvalue weighted by molar-refractivity contribution is 0.251. The highest BCUT2D eigenvalue weighted by Crippen LogP contribution is 2.25. The number of likely N-dealkylation sites (tertiary alicyclic amines) is 1. The van der Waals surface area contributed by atoms with Crippen LogP contribution in [0.15, 0.2) is 23.4 Å². The highest BCUT2D eigenvalue weighted by molar-refractivity contribution is 7.89. The zero-order valence-corrected chi connectivity index (χ0v) is 13.5. The van der Waals surface area contributed by atoms with Crippen LogP contribution in [0.4, 0.5) is 0 Å². The van der Waals surface area contributed by atoms with Crippen molar-refractivity contribution in [3.8, 4) is 0 Å². The lowest BCUT2D eigenvalue weighted by Gasteiger charge is -2.23. The molecular weight excluding hydrogens is 310 g/mol. The molecule has 2 aliphatic rings. The first-order valence-electron chi connectivity index (χ1n) is 7.36. The second kappa shape index (κ2) is 6.20. The Kier molecular flexibility index (Phi) is 4.49. The number of alkyl halides is 1. The van der Waals surface area contributed by atoms with Crippen LogP contribution >= 0.6 is 11.6 Å². The van der Waals surface area contributed by atoms with Gasteiger partial charge in [0.05, 0.1) is 0 Å². The van der Waals surface area contributed by atoms with Gasteiger partial charge in [0.25, 0.3) is 10.0 Å². The molecule has 7 heteroatoms. The third-order valence-electron chi connectivity index (χ3n) is 4.34. The van der Waals surface area contributed by atoms with E-state index >= 15 is 0 Å². The average Bonchev–Trinajstić information content (AvgIpc) is 3.18. The van der Waals surface area contributed by atoms with Gasteiger partial charge in [0, 0.05) is 31.2 Å². The minimum Gasteiger partial charge on any atom is -0.299 e. The molecule has 0 aromatic carbocycles. The van der Waals surface area contributed by atoms with Crippen molar-refractivity contribution in [3.05, 3.63) is 23.9 Å². The molecular formula is C14H20ClN3O2S. The van der Waals surface area contributed by atoms with E-state index in [1.807, 2.05) is 0 Å². The summed E-state index contributed by atoms with van der Waals surface area (Å²) in [6.07, 6.45) is 4.91. The molecule has 3 rings (SSSR count). The van der Waals surface area contributed by atoms with Gasteiger partial charge in [-0.3, -0.25) is 4.90 Å². The first kappa shape index (κ1) is 15.2. The maximum Gasteiger partial charge on any atom is 0.260 e. The van der Waals surface area contributed by atoms with Gasteiger partial charge in [0.1, 0.15) is 0 Å². The molecule has 2 fully saturated rings. The Morgan fingerprint density at radius 1 is 1.24 bits per heavy atom. The van der Waals surface area contributed by atoms with Gasteiger partial charge in [-0.25, -0.2) is 13.4 Å². The molecule has 0 radical (unpaired) electrons. The van der Waals surface area contributed by atoms with Gasteiger partial charge < -0.3 is 0 Å². The van der Waals surface area contributed by atoms with Crippen LogP contribution in [-0.2, 0) is 15.9 Å². The summed E-state index contributed by atoms with van der Waals surface area (Å²) in [6.45, 7) is 3.37. The van der Waals surface area contributed by atoms with Crippen LogP contribution in [0.1, 0.15) is 24.8 Å². The van der Waals surface area contributed by atoms with Crippen molar-refractivity contribution in [2.24, 2.45) is 0 Å². The Bertz CT molecular complexity index is 585. The zero-order chi connectivity index (χ0) is 14.9. The summed E-state index contributed by atoms with van der Waals surface area (Å²) in [6, 6.07) is 3.64. The van der Waals surface area contributed by atoms with Crippen LogP contribution in [0.2, 0.25) is 0 Å². The second-order valence-electron chi connectivity index (χ2n) is 5.69. The lowest BCUT2D eigenvalue weighted by atomic mass is 10.2. The number of sulfonamides is 1. The first-order chi connectivity index (χ1) is 10.1. The average molecular weight is 330 g/mol. The van der Waals surface area contributed by atoms with E-state index in [1.165, 1.54) is 19.0 Å². The van der Waals surface area contributed by atoms with Crippen LogP contribution in [0.25, 0.3) is 0 Å². The first-order valence-corrected chi connectivity index (χ1v) is 9.34. The fraction of sp³-hybridized carbons (Fsp3) is 0.643. The molecule has 0 bridgehead atoms. The number of halogens is 1. The van der Waals surface area contributed by atoms with Gasteiger partial charge in [-0.15, -0.1) is 11.6 Å². The summed E-state index contributed by atoms with van der Waals surface area (Å²) in [5.41, 5.74) is 0.826. The van der Waals surface area contributed by atoms with E-state index in [0.29, 0.717) is 25.0 Å². The molecule has 0 spiro atoms. The summed E-state index contributed by atoms with van der Waals surface area (Å²) in [4.78, 5) is 6.48. The van der Waals surface area contributed by atoms with Crippen LogP contribution in [0.5, 0.6) is 0 Å². The minimum atomic E-state index is -3.47. The Labute approximate surface area is 131 Å². The standard InChI is InChI=1S/C14H20ClN3O2S/c15-9-12-3-4-14(16-10-12)21(19,20)18-8-5-13(11-18)17-6-1-2-7-17/h3-4,10,13H,1-2,5-9,11H2. The van der Waals surface area contributed by atoms with Crippen LogP contribution in [0, 0.1) is 0 Å². The fourth-order valence-corrected chi connectivity index (χ4v) is 4.67. The molecule has 1 aromatic heterocycles. The van der Waals surface area contributed by atoms with Crippen molar-refractivity contribution in [1.82, 2.24) is 14.2 Å². The van der Waals surface area contributed by atoms with Gasteiger partial charge in [-0.2, -0.15) is 4.31 Å². The second-order valence-corrected chi connectivity index (χ2v) is 7.84. The highest BCUT2D eigenvalue weighted by atomic mass is 35.5. The van der Waals surface area contributed by atoms with Gasteiger partial charge in [0.15, 0.2) is 5.03 Å². The zero-order valence-electron chi connectivity index (χ0n) is 11.9. The third-order valence-corrected chi connectivity index (χ3v) is 6.43. The van der Waals surface area contributed by atoms with E-state index in [0.717, 1.165) is 25.1 Å². The monoisotopic (exact) mass is 329 g/mol. The molecule has 1 atom stereocenters. The van der Waals surface area contributed by atoms with E-state index in [4.69, 9.17) is 11.6 Å². The van der Waals surface area contributed by atoms with E-state index < -0.39 is 10.0 Å². The van der Waals surface area contributed by atoms with Crippen molar-refractivity contribution in [2.45, 2.75) is 36.2 Å². The molecule has 5 nitrogen and oxygen atoms in total. The van der Waals surface area contributed by atoms with Crippen LogP contribution in [0.3, 0.4) is 0 Å². The number of pyridine rings is 1. The number of nitrogens with zero attached hydrogens (tertiary/aromatic N) is 3. The molecule has 0 amide bonds. The number of hydrogen-bond acceptors (Lipinski definition) is 4. The Morgan fingerprint density at radius 3 is 2.62 bits per heavy atom. The summed E-state index contributed by atoms with van der Waals surface area (Å²) in [5.74, 6) is 0.341. The third kappa shape index (κ3) is 3.08. The quantitative estimate of drug-likeness (QED) is 0.789. The molecule has 2 aliphatic heterocycles. The lowest BCUT2D eigenvalue weighted by Crippen LogP contribution is -2.37. The molecule has 1 unspecified atom stereocenters. The predicted molar refractivity (Wildman–Crippen MR) is 81.8 cm³/mol. The minimum absolute atomic E-state index is 0.124. The van der Waals surface area contributed by atoms with E-state index in [1.54, 1.807) is 16.4 Å². The predicted octanol–water partition coefficient (Wildman–Crippen LogP) is 1.68. The van der Waals surface area contributed by atoms with E-state index in [-0.39, 0.29) is 5.03 Å². The molecule has 1 aromatic rings. The Balaban J connectivity index is 1.72. The van der Waals surface area contributed by atoms with Crippen LogP contribution in [-0.4, -0.2) is 54.8 Å². The maximum atomic E-state index is 12.6. The van der Waals surface area contributed by atoms with Gasteiger partial charge in [0.2, 0.25) is 0 Å². The van der Waals surface area contributed by atoms with Crippen molar-refractivity contribution < 1.29 is 8.42 Å². The molecule has 0 N–H and O–H groups in total. The molecule has 2 saturated heterocycles. The Morgan fingerprint density at radius 2 is 2.00 bits per heavy atom. The highest BCUT2D eigenvalue weighted by Gasteiger charge is 2.36. The normalized spacial score (nSPS) is 24.7. The van der Waals surface area contributed by atoms with Crippen LogP contribution < -0.4 is 0 Å². The van der Waals surface area contributed by atoms with Crippen molar-refractivity contribution in [2.75, 3.05) is 26.2 Å². The fourth-order valence-electron chi connectivity index (χ4n) is 3.11. The van der Waals surface area contributed by atoms with Crippen molar-refractivity contribution >= 4 is 21.6 Å². The Hall–Kier alpha value is -0.690. The molecule has 21 heavy (non-hydrogen) atoms. The SMILES string of the molecule is O=S(=O)(c1ccc(CCl)cn1)N1CCC(N2CCCC2)C1. The number of aromatic nitrogens is 1. The smallest absolute Gasteiger partial charge is 0.260 e. The maximum absolute atomic E-state index is 12.6. The van der Waals surface area contributed by atoms with Crippen molar-refractivity contribution in [3.63, 3.8) is 0 Å². The van der Waals surface area contributed by atoms with Gasteiger partial charge >= 0.3 is 0 Å². The summed E-state index contributed by atoms with van der Waals surface area (Å²) in [5, 5.41) is 0.124. The van der Waals surface area contributed by atoms with Gasteiger partial charge in [-0.05, 0) is 44.0 Å². The summed E-state index contributed by atoms with van der Waals surface area (Å²) in [7, 11) is -3.47. The largest absolute Gasteiger partial charge is 0.299 e. The summed E-state index contributed by atoms with van der Waals surface area (Å²) >= 11 is 5.71. The molecule has 0 aliphatic carbocycles. The van der Waals surface area contributed by atoms with Gasteiger partial charge in [-0.1, -0.05) is 6.07 Å². The molecule has 0 saturated carbocycles. The van der Waals surface area contributed by atoms with E-state index in [2.05, 4.69) is 9.88 Å². The molecule has 116 valence electrons. The topological polar surface area (TPSA) is 53.5 Å².